The molecule has 6 heteroatoms. The first kappa shape index (κ1) is 13.9. The molecule has 1 amide bonds. The van der Waals surface area contributed by atoms with E-state index in [4.69, 9.17) is 5.11 Å². The summed E-state index contributed by atoms with van der Waals surface area (Å²) in [5.41, 5.74) is 1.47. The van der Waals surface area contributed by atoms with Gasteiger partial charge in [0.05, 0.1) is 12.1 Å². The first-order chi connectivity index (χ1) is 9.45. The quantitative estimate of drug-likeness (QED) is 0.896. The first-order valence-corrected chi connectivity index (χ1v) is 6.03. The monoisotopic (exact) mass is 275 g/mol. The molecule has 0 bridgehead atoms. The highest BCUT2D eigenvalue weighted by molar-refractivity contribution is 5.94. The highest BCUT2D eigenvalue weighted by Gasteiger charge is 2.12. The fourth-order valence-corrected chi connectivity index (χ4v) is 1.82. The Morgan fingerprint density at radius 3 is 2.50 bits per heavy atom. The zero-order valence-electron chi connectivity index (χ0n) is 11.1. The average Bonchev–Trinajstić information content (AvgIpc) is 2.35. The van der Waals surface area contributed by atoms with Crippen molar-refractivity contribution in [2.45, 2.75) is 20.4 Å². The third kappa shape index (κ3) is 3.28. The SMILES string of the molecule is Cc1cc(C)nc(CNC(=O)c2ccc(O)cc2F)n1. The van der Waals surface area contributed by atoms with Crippen molar-refractivity contribution in [2.75, 3.05) is 0 Å². The lowest BCUT2D eigenvalue weighted by atomic mass is 10.2. The van der Waals surface area contributed by atoms with E-state index in [0.717, 1.165) is 17.5 Å². The molecule has 0 unspecified atom stereocenters. The molecule has 0 atom stereocenters. The second kappa shape index (κ2) is 5.64. The fourth-order valence-electron chi connectivity index (χ4n) is 1.82. The number of phenols is 1. The van der Waals surface area contributed by atoms with Gasteiger partial charge in [0.1, 0.15) is 17.4 Å². The third-order valence-corrected chi connectivity index (χ3v) is 2.63. The number of rotatable bonds is 3. The predicted octanol–water partition coefficient (Wildman–Crippen LogP) is 1.87. The Hall–Kier alpha value is -2.50. The molecule has 1 aromatic carbocycles. The summed E-state index contributed by atoms with van der Waals surface area (Å²) in [5.74, 6) is -1.11. The van der Waals surface area contributed by atoms with Crippen LogP contribution in [0, 0.1) is 19.7 Å². The van der Waals surface area contributed by atoms with Crippen molar-refractivity contribution in [3.8, 4) is 5.75 Å². The Labute approximate surface area is 115 Å². The van der Waals surface area contributed by atoms with Crippen LogP contribution in [0.2, 0.25) is 0 Å². The lowest BCUT2D eigenvalue weighted by molar-refractivity contribution is 0.0945. The van der Waals surface area contributed by atoms with Gasteiger partial charge in [0, 0.05) is 17.5 Å². The molecule has 0 radical (unpaired) electrons. The van der Waals surface area contributed by atoms with Gasteiger partial charge in [0.2, 0.25) is 0 Å². The summed E-state index contributed by atoms with van der Waals surface area (Å²) in [5, 5.41) is 11.6. The van der Waals surface area contributed by atoms with Crippen LogP contribution in [0.15, 0.2) is 24.3 Å². The molecule has 2 N–H and O–H groups in total. The number of halogens is 1. The van der Waals surface area contributed by atoms with Gasteiger partial charge >= 0.3 is 0 Å². The molecule has 2 aromatic rings. The molecule has 0 saturated carbocycles. The summed E-state index contributed by atoms with van der Waals surface area (Å²) in [4.78, 5) is 20.2. The fraction of sp³-hybridized carbons (Fsp3) is 0.214. The van der Waals surface area contributed by atoms with E-state index in [9.17, 15) is 9.18 Å². The molecule has 0 spiro atoms. The van der Waals surface area contributed by atoms with Gasteiger partial charge in [-0.05, 0) is 32.0 Å². The first-order valence-electron chi connectivity index (χ1n) is 6.03. The molecule has 0 aliphatic rings. The Bertz CT molecular complexity index is 639. The van der Waals surface area contributed by atoms with Gasteiger partial charge in [-0.2, -0.15) is 0 Å². The number of carbonyl (C=O) groups excluding carboxylic acids is 1. The maximum absolute atomic E-state index is 13.5. The summed E-state index contributed by atoms with van der Waals surface area (Å²) in [7, 11) is 0. The van der Waals surface area contributed by atoms with Crippen molar-refractivity contribution in [3.05, 3.63) is 52.9 Å². The maximum atomic E-state index is 13.5. The van der Waals surface area contributed by atoms with Crippen molar-refractivity contribution < 1.29 is 14.3 Å². The van der Waals surface area contributed by atoms with E-state index < -0.39 is 11.7 Å². The highest BCUT2D eigenvalue weighted by Crippen LogP contribution is 2.14. The minimum atomic E-state index is -0.774. The van der Waals surface area contributed by atoms with Crippen molar-refractivity contribution >= 4 is 5.91 Å². The number of benzene rings is 1. The lowest BCUT2D eigenvalue weighted by Gasteiger charge is -2.07. The molecule has 0 fully saturated rings. The molecule has 0 aliphatic carbocycles. The van der Waals surface area contributed by atoms with Crippen molar-refractivity contribution in [1.29, 1.82) is 0 Å². The number of nitrogens with one attached hydrogen (secondary N) is 1. The smallest absolute Gasteiger partial charge is 0.254 e. The van der Waals surface area contributed by atoms with Gasteiger partial charge < -0.3 is 10.4 Å². The number of aryl methyl sites for hydroxylation is 2. The minimum absolute atomic E-state index is 0.113. The Morgan fingerprint density at radius 2 is 1.90 bits per heavy atom. The largest absolute Gasteiger partial charge is 0.508 e. The number of phenolic OH excluding ortho intramolecular Hbond substituents is 1. The van der Waals surface area contributed by atoms with Crippen LogP contribution in [-0.4, -0.2) is 21.0 Å². The second-order valence-corrected chi connectivity index (χ2v) is 4.41. The molecule has 1 heterocycles. The van der Waals surface area contributed by atoms with Crippen LogP contribution < -0.4 is 5.32 Å². The molecule has 20 heavy (non-hydrogen) atoms. The van der Waals surface area contributed by atoms with Crippen LogP contribution in [0.25, 0.3) is 0 Å². The summed E-state index contributed by atoms with van der Waals surface area (Å²) >= 11 is 0. The Morgan fingerprint density at radius 1 is 1.25 bits per heavy atom. The maximum Gasteiger partial charge on any atom is 0.254 e. The van der Waals surface area contributed by atoms with E-state index in [1.54, 1.807) is 0 Å². The van der Waals surface area contributed by atoms with Crippen LogP contribution in [0.3, 0.4) is 0 Å². The van der Waals surface area contributed by atoms with Gasteiger partial charge in [-0.1, -0.05) is 0 Å². The van der Waals surface area contributed by atoms with E-state index in [-0.39, 0.29) is 17.9 Å². The van der Waals surface area contributed by atoms with E-state index in [0.29, 0.717) is 5.82 Å². The summed E-state index contributed by atoms with van der Waals surface area (Å²) in [6.45, 7) is 3.78. The molecular formula is C14H14FN3O2. The van der Waals surface area contributed by atoms with E-state index >= 15 is 0 Å². The van der Waals surface area contributed by atoms with E-state index in [1.807, 2.05) is 19.9 Å². The van der Waals surface area contributed by atoms with Crippen molar-refractivity contribution in [1.82, 2.24) is 15.3 Å². The lowest BCUT2D eigenvalue weighted by Crippen LogP contribution is -2.25. The van der Waals surface area contributed by atoms with E-state index in [1.165, 1.54) is 12.1 Å². The standard InChI is InChI=1S/C14H14FN3O2/c1-8-5-9(2)18-13(17-8)7-16-14(20)11-4-3-10(19)6-12(11)15/h3-6,19H,7H2,1-2H3,(H,16,20). The van der Waals surface area contributed by atoms with Gasteiger partial charge in [-0.25, -0.2) is 14.4 Å². The van der Waals surface area contributed by atoms with Crippen molar-refractivity contribution in [3.63, 3.8) is 0 Å². The van der Waals surface area contributed by atoms with Crippen LogP contribution in [0.5, 0.6) is 5.75 Å². The van der Waals surface area contributed by atoms with Gasteiger partial charge in [-0.15, -0.1) is 0 Å². The number of aromatic hydroxyl groups is 1. The van der Waals surface area contributed by atoms with Crippen molar-refractivity contribution in [2.24, 2.45) is 0 Å². The number of hydrogen-bond acceptors (Lipinski definition) is 4. The Kier molecular flexibility index (Phi) is 3.93. The molecule has 2 rings (SSSR count). The van der Waals surface area contributed by atoms with Crippen LogP contribution in [-0.2, 0) is 6.54 Å². The second-order valence-electron chi connectivity index (χ2n) is 4.41. The number of nitrogens with zero attached hydrogens (tertiary/aromatic N) is 2. The zero-order valence-corrected chi connectivity index (χ0v) is 11.1. The average molecular weight is 275 g/mol. The molecule has 0 saturated heterocycles. The normalized spacial score (nSPS) is 10.3. The van der Waals surface area contributed by atoms with Gasteiger partial charge in [-0.3, -0.25) is 4.79 Å². The molecule has 1 aromatic heterocycles. The summed E-state index contributed by atoms with van der Waals surface area (Å²) in [6, 6.07) is 5.20. The molecule has 5 nitrogen and oxygen atoms in total. The summed E-state index contributed by atoms with van der Waals surface area (Å²) < 4.78 is 13.5. The number of hydrogen-bond donors (Lipinski definition) is 2. The van der Waals surface area contributed by atoms with Gasteiger partial charge in [0.15, 0.2) is 0 Å². The van der Waals surface area contributed by atoms with E-state index in [2.05, 4.69) is 15.3 Å². The highest BCUT2D eigenvalue weighted by atomic mass is 19.1. The predicted molar refractivity (Wildman–Crippen MR) is 70.7 cm³/mol. The minimum Gasteiger partial charge on any atom is -0.508 e. The topological polar surface area (TPSA) is 75.1 Å². The summed E-state index contributed by atoms with van der Waals surface area (Å²) in [6.07, 6.45) is 0. The number of carbonyl (C=O) groups is 1. The third-order valence-electron chi connectivity index (χ3n) is 2.63. The zero-order chi connectivity index (χ0) is 14.7. The molecule has 0 aliphatic heterocycles. The van der Waals surface area contributed by atoms with Crippen LogP contribution >= 0.6 is 0 Å². The van der Waals surface area contributed by atoms with Gasteiger partial charge in [0.25, 0.3) is 5.91 Å². The van der Waals surface area contributed by atoms with Crippen LogP contribution in [0.4, 0.5) is 4.39 Å². The number of amides is 1. The molecular weight excluding hydrogens is 261 g/mol. The number of aromatic nitrogens is 2. The van der Waals surface area contributed by atoms with Crippen LogP contribution in [0.1, 0.15) is 27.6 Å². The molecule has 104 valence electrons. The Balaban J connectivity index is 2.08.